The maximum atomic E-state index is 14.5. The molecule has 0 aliphatic heterocycles. The highest BCUT2D eigenvalue weighted by Gasteiger charge is 2.35. The van der Waals surface area contributed by atoms with E-state index in [4.69, 9.17) is 5.73 Å². The van der Waals surface area contributed by atoms with Crippen LogP contribution in [0.3, 0.4) is 0 Å². The maximum absolute atomic E-state index is 14.5. The summed E-state index contributed by atoms with van der Waals surface area (Å²) < 4.78 is 70.9. The Morgan fingerprint density at radius 2 is 1.50 bits per heavy atom. The molecule has 2 N–H and O–H groups in total. The lowest BCUT2D eigenvalue weighted by Crippen LogP contribution is -2.45. The second-order valence-corrected chi connectivity index (χ2v) is 7.97. The Balaban J connectivity index is 1.91. The lowest BCUT2D eigenvalue weighted by Gasteiger charge is -2.17. The van der Waals surface area contributed by atoms with E-state index in [1.807, 2.05) is 0 Å². The van der Waals surface area contributed by atoms with Gasteiger partial charge in [0.2, 0.25) is 0 Å². The zero-order chi connectivity index (χ0) is 26.0. The van der Waals surface area contributed by atoms with Crippen molar-refractivity contribution in [3.8, 4) is 5.69 Å². The number of nitrogens with two attached hydrogens (primary N) is 1. The van der Waals surface area contributed by atoms with Crippen LogP contribution in [0.1, 0.15) is 28.4 Å². The number of hydrogen-bond acceptors (Lipinski definition) is 4. The molecule has 0 fully saturated rings. The lowest BCUT2D eigenvalue weighted by atomic mass is 10.0. The van der Waals surface area contributed by atoms with Crippen molar-refractivity contribution in [2.75, 3.05) is 0 Å². The molecule has 1 unspecified atom stereocenters. The van der Waals surface area contributed by atoms with E-state index < -0.39 is 58.3 Å². The molecule has 11 heteroatoms. The standard InChI is InChI=1S/C25H19F5N4O2/c26-18-11-6-9-17(25(28,29)30)16(18)13-21-23(35)33(14-20(31)15-7-2-1-3-8-15)24(36)34(32-21)22-12-5-4-10-19(22)27/h1-12,20H,13-14,31H2. The smallest absolute Gasteiger partial charge is 0.322 e. The maximum Gasteiger partial charge on any atom is 0.416 e. The van der Waals surface area contributed by atoms with E-state index in [1.165, 1.54) is 18.2 Å². The average molecular weight is 502 g/mol. The van der Waals surface area contributed by atoms with Crippen LogP contribution in [0.5, 0.6) is 0 Å². The molecular weight excluding hydrogens is 483 g/mol. The van der Waals surface area contributed by atoms with Gasteiger partial charge in [-0.25, -0.2) is 13.6 Å². The van der Waals surface area contributed by atoms with E-state index in [1.54, 1.807) is 30.3 Å². The quantitative estimate of drug-likeness (QED) is 0.405. The van der Waals surface area contributed by atoms with Crippen LogP contribution in [-0.2, 0) is 19.1 Å². The van der Waals surface area contributed by atoms with Gasteiger partial charge in [0, 0.05) is 18.0 Å². The number of nitrogens with zero attached hydrogens (tertiary/aromatic N) is 3. The third-order valence-electron chi connectivity index (χ3n) is 5.58. The molecule has 4 aromatic rings. The molecule has 1 atom stereocenters. The summed E-state index contributed by atoms with van der Waals surface area (Å²) in [6.45, 7) is -0.380. The Morgan fingerprint density at radius 3 is 2.17 bits per heavy atom. The number of benzene rings is 3. The van der Waals surface area contributed by atoms with Crippen LogP contribution in [0.4, 0.5) is 22.0 Å². The molecule has 3 aromatic carbocycles. The molecule has 0 spiro atoms. The number of alkyl halides is 3. The van der Waals surface area contributed by atoms with Crippen molar-refractivity contribution in [3.05, 3.63) is 128 Å². The molecule has 4 rings (SSSR count). The van der Waals surface area contributed by atoms with Crippen LogP contribution in [0.15, 0.2) is 82.4 Å². The molecule has 0 saturated carbocycles. The van der Waals surface area contributed by atoms with E-state index in [-0.39, 0.29) is 12.2 Å². The highest BCUT2D eigenvalue weighted by atomic mass is 19.4. The Kier molecular flexibility index (Phi) is 6.84. The minimum absolute atomic E-state index is 0.338. The molecule has 0 amide bonds. The molecule has 0 bridgehead atoms. The summed E-state index contributed by atoms with van der Waals surface area (Å²) in [6.07, 6.45) is -5.80. The first kappa shape index (κ1) is 25.0. The number of para-hydroxylation sites is 1. The van der Waals surface area contributed by atoms with Gasteiger partial charge in [0.1, 0.15) is 23.0 Å². The summed E-state index contributed by atoms with van der Waals surface area (Å²) >= 11 is 0. The summed E-state index contributed by atoms with van der Waals surface area (Å²) in [6, 6.07) is 15.0. The molecule has 0 saturated heterocycles. The van der Waals surface area contributed by atoms with Gasteiger partial charge in [-0.2, -0.15) is 23.0 Å². The van der Waals surface area contributed by atoms with E-state index >= 15 is 0 Å². The first-order valence-electron chi connectivity index (χ1n) is 10.7. The average Bonchev–Trinajstić information content (AvgIpc) is 2.85. The monoisotopic (exact) mass is 502 g/mol. The van der Waals surface area contributed by atoms with Gasteiger partial charge in [-0.15, -0.1) is 0 Å². The van der Waals surface area contributed by atoms with Crippen molar-refractivity contribution in [2.45, 2.75) is 25.2 Å². The predicted octanol–water partition coefficient (Wildman–Crippen LogP) is 3.98. The minimum Gasteiger partial charge on any atom is -0.322 e. The molecular formula is C25H19F5N4O2. The predicted molar refractivity (Wildman–Crippen MR) is 122 cm³/mol. The van der Waals surface area contributed by atoms with E-state index in [0.717, 1.165) is 18.2 Å². The highest BCUT2D eigenvalue weighted by molar-refractivity contribution is 5.35. The zero-order valence-electron chi connectivity index (χ0n) is 18.5. The second-order valence-electron chi connectivity index (χ2n) is 7.97. The summed E-state index contributed by atoms with van der Waals surface area (Å²) in [5.41, 5.74) is 1.60. The Labute approximate surface area is 201 Å². The number of aromatic nitrogens is 3. The molecule has 6 nitrogen and oxygen atoms in total. The van der Waals surface area contributed by atoms with Crippen molar-refractivity contribution in [1.82, 2.24) is 14.3 Å². The zero-order valence-corrected chi connectivity index (χ0v) is 18.5. The van der Waals surface area contributed by atoms with E-state index in [2.05, 4.69) is 5.10 Å². The van der Waals surface area contributed by atoms with E-state index in [0.29, 0.717) is 20.9 Å². The number of rotatable bonds is 6. The first-order chi connectivity index (χ1) is 17.1. The first-order valence-corrected chi connectivity index (χ1v) is 10.7. The fraction of sp³-hybridized carbons (Fsp3) is 0.160. The Hall–Kier alpha value is -4.12. The molecule has 36 heavy (non-hydrogen) atoms. The lowest BCUT2D eigenvalue weighted by molar-refractivity contribution is -0.138. The van der Waals surface area contributed by atoms with Crippen LogP contribution in [0, 0.1) is 11.6 Å². The molecule has 186 valence electrons. The van der Waals surface area contributed by atoms with E-state index in [9.17, 15) is 31.5 Å². The number of hydrogen-bond donors (Lipinski definition) is 1. The number of halogens is 5. The van der Waals surface area contributed by atoms with Crippen molar-refractivity contribution in [1.29, 1.82) is 0 Å². The molecule has 1 aromatic heterocycles. The van der Waals surface area contributed by atoms with Crippen LogP contribution >= 0.6 is 0 Å². The Morgan fingerprint density at radius 1 is 0.861 bits per heavy atom. The largest absolute Gasteiger partial charge is 0.416 e. The van der Waals surface area contributed by atoms with Crippen molar-refractivity contribution < 1.29 is 22.0 Å². The van der Waals surface area contributed by atoms with Gasteiger partial charge in [0.25, 0.3) is 5.56 Å². The van der Waals surface area contributed by atoms with Gasteiger partial charge in [-0.05, 0) is 29.8 Å². The third kappa shape index (κ3) is 4.96. The van der Waals surface area contributed by atoms with Crippen molar-refractivity contribution in [3.63, 3.8) is 0 Å². The Bertz CT molecular complexity index is 1510. The van der Waals surface area contributed by atoms with Crippen LogP contribution in [-0.4, -0.2) is 14.3 Å². The van der Waals surface area contributed by atoms with Crippen LogP contribution < -0.4 is 17.0 Å². The van der Waals surface area contributed by atoms with Crippen molar-refractivity contribution in [2.24, 2.45) is 5.73 Å². The van der Waals surface area contributed by atoms with Gasteiger partial charge in [-0.1, -0.05) is 48.5 Å². The van der Waals surface area contributed by atoms with Crippen molar-refractivity contribution >= 4 is 0 Å². The summed E-state index contributed by atoms with van der Waals surface area (Å²) in [5.74, 6) is -2.07. The fourth-order valence-corrected chi connectivity index (χ4v) is 3.79. The SMILES string of the molecule is NC(Cn1c(=O)c(Cc2c(F)cccc2C(F)(F)F)nn(-c2ccccc2F)c1=O)c1ccccc1. The summed E-state index contributed by atoms with van der Waals surface area (Å²) in [5, 5.41) is 3.86. The van der Waals surface area contributed by atoms with Crippen LogP contribution in [0.25, 0.3) is 5.69 Å². The van der Waals surface area contributed by atoms with Gasteiger partial charge in [-0.3, -0.25) is 9.36 Å². The molecule has 0 aliphatic rings. The fourth-order valence-electron chi connectivity index (χ4n) is 3.79. The van der Waals surface area contributed by atoms with Gasteiger partial charge in [0.15, 0.2) is 0 Å². The molecule has 1 heterocycles. The minimum atomic E-state index is -4.91. The summed E-state index contributed by atoms with van der Waals surface area (Å²) in [4.78, 5) is 26.4. The highest BCUT2D eigenvalue weighted by Crippen LogP contribution is 2.33. The second kappa shape index (κ2) is 9.86. The van der Waals surface area contributed by atoms with Gasteiger partial charge >= 0.3 is 11.9 Å². The molecule has 0 radical (unpaired) electrons. The normalized spacial score (nSPS) is 12.5. The third-order valence-corrected chi connectivity index (χ3v) is 5.58. The summed E-state index contributed by atoms with van der Waals surface area (Å²) in [7, 11) is 0. The van der Waals surface area contributed by atoms with Gasteiger partial charge in [0.05, 0.1) is 12.1 Å². The van der Waals surface area contributed by atoms with Crippen LogP contribution in [0.2, 0.25) is 0 Å². The molecule has 0 aliphatic carbocycles. The van der Waals surface area contributed by atoms with Gasteiger partial charge < -0.3 is 5.73 Å². The topological polar surface area (TPSA) is 82.9 Å².